The number of hydrogen-bond donors (Lipinski definition) is 1. The minimum absolute atomic E-state index is 0.00263. The number of nitrogens with one attached hydrogen (secondary N) is 1. The second-order valence-electron chi connectivity index (χ2n) is 8.11. The number of nitrogens with zero attached hydrogens (tertiary/aromatic N) is 4. The number of aromatic nitrogens is 1. The van der Waals surface area contributed by atoms with Crippen LogP contribution in [0.5, 0.6) is 0 Å². The fraction of sp³-hybridized carbons (Fsp3) is 0.409. The molecule has 0 radical (unpaired) electrons. The summed E-state index contributed by atoms with van der Waals surface area (Å²) in [6.45, 7) is 0.614. The fourth-order valence-corrected chi connectivity index (χ4v) is 4.67. The van der Waals surface area contributed by atoms with E-state index in [1.165, 1.54) is 11.8 Å². The molecule has 1 aliphatic carbocycles. The van der Waals surface area contributed by atoms with E-state index in [0.717, 1.165) is 25.7 Å². The number of rotatable bonds is 3. The van der Waals surface area contributed by atoms with Gasteiger partial charge in [0, 0.05) is 11.7 Å². The van der Waals surface area contributed by atoms with Crippen LogP contribution in [0.15, 0.2) is 48.7 Å². The third-order valence-corrected chi connectivity index (χ3v) is 6.43. The first-order chi connectivity index (χ1) is 13.5. The molecule has 2 amide bonds. The number of hydrogen-bond acceptors (Lipinski definition) is 4. The molecule has 1 aromatic carbocycles. The van der Waals surface area contributed by atoms with Crippen molar-refractivity contribution in [2.75, 3.05) is 25.5 Å². The van der Waals surface area contributed by atoms with Crippen LogP contribution in [-0.2, 0) is 5.54 Å². The third-order valence-electron chi connectivity index (χ3n) is 6.43. The van der Waals surface area contributed by atoms with Gasteiger partial charge < -0.3 is 5.32 Å². The van der Waals surface area contributed by atoms with Crippen molar-refractivity contribution in [3.63, 3.8) is 0 Å². The molecule has 6 heteroatoms. The second kappa shape index (κ2) is 6.92. The van der Waals surface area contributed by atoms with Crippen molar-refractivity contribution in [3.05, 3.63) is 59.8 Å². The highest BCUT2D eigenvalue weighted by molar-refractivity contribution is 5.94. The third kappa shape index (κ3) is 3.02. The molecule has 2 fully saturated rings. The van der Waals surface area contributed by atoms with Crippen LogP contribution in [-0.4, -0.2) is 42.1 Å². The first kappa shape index (κ1) is 18.5. The van der Waals surface area contributed by atoms with Gasteiger partial charge in [0.2, 0.25) is 0 Å². The lowest BCUT2D eigenvalue weighted by molar-refractivity contribution is 0.0657. The summed E-state index contributed by atoms with van der Waals surface area (Å²) >= 11 is 0. The summed E-state index contributed by atoms with van der Waals surface area (Å²) in [7, 11) is 4.29. The Morgan fingerprint density at radius 1 is 1.11 bits per heavy atom. The molecule has 1 aromatic heterocycles. The second-order valence-corrected chi connectivity index (χ2v) is 8.11. The molecule has 2 aromatic rings. The van der Waals surface area contributed by atoms with E-state index in [4.69, 9.17) is 5.26 Å². The number of carbonyl (C=O) groups excluding carboxylic acids is 1. The molecule has 1 saturated carbocycles. The Bertz CT molecular complexity index is 893. The van der Waals surface area contributed by atoms with E-state index in [-0.39, 0.29) is 17.1 Å². The Morgan fingerprint density at radius 3 is 2.39 bits per heavy atom. The maximum Gasteiger partial charge on any atom is 0.323 e. The lowest BCUT2D eigenvalue weighted by Gasteiger charge is -2.48. The van der Waals surface area contributed by atoms with Gasteiger partial charge in [0.05, 0.1) is 17.6 Å². The number of urea groups is 1. The van der Waals surface area contributed by atoms with E-state index in [2.05, 4.69) is 65.7 Å². The van der Waals surface area contributed by atoms with E-state index in [9.17, 15) is 4.79 Å². The monoisotopic (exact) mass is 375 g/mol. The van der Waals surface area contributed by atoms with Crippen LogP contribution >= 0.6 is 0 Å². The molecule has 28 heavy (non-hydrogen) atoms. The molecule has 1 spiro atoms. The van der Waals surface area contributed by atoms with Gasteiger partial charge in [-0.2, -0.15) is 5.26 Å². The van der Waals surface area contributed by atoms with Crippen molar-refractivity contribution >= 4 is 11.8 Å². The normalized spacial score (nSPS) is 27.1. The van der Waals surface area contributed by atoms with Gasteiger partial charge >= 0.3 is 6.03 Å². The van der Waals surface area contributed by atoms with Crippen molar-refractivity contribution in [1.29, 1.82) is 5.26 Å². The van der Waals surface area contributed by atoms with E-state index in [0.29, 0.717) is 17.9 Å². The number of anilines is 1. The summed E-state index contributed by atoms with van der Waals surface area (Å²) in [4.78, 5) is 21.0. The maximum atomic E-state index is 12.7. The summed E-state index contributed by atoms with van der Waals surface area (Å²) in [5.74, 6) is 0.598. The predicted molar refractivity (Wildman–Crippen MR) is 108 cm³/mol. The molecule has 0 unspecified atom stereocenters. The number of pyridine rings is 1. The van der Waals surface area contributed by atoms with E-state index < -0.39 is 0 Å². The Hall–Kier alpha value is -2.91. The quantitative estimate of drug-likeness (QED) is 0.894. The lowest BCUT2D eigenvalue weighted by Crippen LogP contribution is -2.54. The molecule has 144 valence electrons. The van der Waals surface area contributed by atoms with E-state index >= 15 is 0 Å². The standard InChI is InChI=1S/C22H25N5O/c1-26(2)22(18-6-4-3-5-7-18)12-10-21(11-13-22)16-27(20(28)25-21)19-9-8-17(14-23)15-24-19/h3-9,15H,10-13,16H2,1-2H3,(H,25,28). The zero-order valence-corrected chi connectivity index (χ0v) is 16.4. The molecular formula is C22H25N5O. The van der Waals surface area contributed by atoms with Crippen LogP contribution in [0.25, 0.3) is 0 Å². The molecule has 0 atom stereocenters. The average molecular weight is 375 g/mol. The molecule has 1 saturated heterocycles. The van der Waals surface area contributed by atoms with E-state index in [1.54, 1.807) is 17.0 Å². The van der Waals surface area contributed by atoms with Crippen LogP contribution in [0.1, 0.15) is 36.8 Å². The Morgan fingerprint density at radius 2 is 1.82 bits per heavy atom. The van der Waals surface area contributed by atoms with Gasteiger partial charge in [-0.3, -0.25) is 9.80 Å². The Balaban J connectivity index is 1.54. The van der Waals surface area contributed by atoms with E-state index in [1.807, 2.05) is 0 Å². The molecule has 4 rings (SSSR count). The van der Waals surface area contributed by atoms with Gasteiger partial charge in [0.25, 0.3) is 0 Å². The van der Waals surface area contributed by atoms with Gasteiger partial charge in [-0.05, 0) is 57.5 Å². The highest BCUT2D eigenvalue weighted by Crippen LogP contribution is 2.46. The first-order valence-corrected chi connectivity index (χ1v) is 9.67. The van der Waals surface area contributed by atoms with Crippen molar-refractivity contribution in [2.24, 2.45) is 0 Å². The van der Waals surface area contributed by atoms with Crippen LogP contribution in [0.2, 0.25) is 0 Å². The zero-order valence-electron chi connectivity index (χ0n) is 16.4. The topological polar surface area (TPSA) is 72.3 Å². The fourth-order valence-electron chi connectivity index (χ4n) is 4.67. The van der Waals surface area contributed by atoms with Crippen molar-refractivity contribution in [1.82, 2.24) is 15.2 Å². The van der Waals surface area contributed by atoms with Crippen molar-refractivity contribution in [2.45, 2.75) is 36.8 Å². The van der Waals surface area contributed by atoms with Crippen LogP contribution in [0, 0.1) is 11.3 Å². The van der Waals surface area contributed by atoms with Crippen LogP contribution in [0.3, 0.4) is 0 Å². The van der Waals surface area contributed by atoms with Gasteiger partial charge in [-0.15, -0.1) is 0 Å². The van der Waals surface area contributed by atoms with Gasteiger partial charge in [-0.1, -0.05) is 30.3 Å². The van der Waals surface area contributed by atoms with Gasteiger partial charge in [0.15, 0.2) is 0 Å². The summed E-state index contributed by atoms with van der Waals surface area (Å²) in [6.07, 6.45) is 5.32. The Kier molecular flexibility index (Phi) is 4.56. The molecule has 1 aliphatic heterocycles. The summed E-state index contributed by atoms with van der Waals surface area (Å²) in [5, 5.41) is 12.2. The first-order valence-electron chi connectivity index (χ1n) is 9.67. The summed E-state index contributed by atoms with van der Waals surface area (Å²) < 4.78 is 0. The number of carbonyl (C=O) groups is 1. The summed E-state index contributed by atoms with van der Waals surface area (Å²) in [5.41, 5.74) is 1.61. The highest BCUT2D eigenvalue weighted by Gasteiger charge is 2.50. The highest BCUT2D eigenvalue weighted by atomic mass is 16.2. The summed E-state index contributed by atoms with van der Waals surface area (Å²) in [6, 6.07) is 16.1. The van der Waals surface area contributed by atoms with Crippen LogP contribution < -0.4 is 10.2 Å². The van der Waals surface area contributed by atoms with Crippen molar-refractivity contribution in [3.8, 4) is 6.07 Å². The van der Waals surface area contributed by atoms with Gasteiger partial charge in [-0.25, -0.2) is 9.78 Å². The molecule has 6 nitrogen and oxygen atoms in total. The lowest BCUT2D eigenvalue weighted by atomic mass is 9.69. The minimum atomic E-state index is -0.221. The predicted octanol–water partition coefficient (Wildman–Crippen LogP) is 3.25. The minimum Gasteiger partial charge on any atom is -0.330 e. The largest absolute Gasteiger partial charge is 0.330 e. The molecule has 2 aliphatic rings. The molecular weight excluding hydrogens is 350 g/mol. The zero-order chi connectivity index (χ0) is 19.8. The van der Waals surface area contributed by atoms with Gasteiger partial charge in [0.1, 0.15) is 11.9 Å². The number of nitriles is 1. The number of benzene rings is 1. The smallest absolute Gasteiger partial charge is 0.323 e. The molecule has 0 bridgehead atoms. The van der Waals surface area contributed by atoms with Crippen molar-refractivity contribution < 1.29 is 4.79 Å². The average Bonchev–Trinajstić information content (AvgIpc) is 3.05. The van der Waals surface area contributed by atoms with Crippen LogP contribution in [0.4, 0.5) is 10.6 Å². The Labute approximate surface area is 165 Å². The molecule has 2 heterocycles. The SMILES string of the molecule is CN(C)C1(c2ccccc2)CCC2(CC1)CN(c1ccc(C#N)cn1)C(=O)N2. The molecule has 1 N–H and O–H groups in total. The maximum absolute atomic E-state index is 12.7. The number of amides is 2.